The molecule has 2 rings (SSSR count). The third-order valence-corrected chi connectivity index (χ3v) is 6.37. The van der Waals surface area contributed by atoms with Gasteiger partial charge in [-0.3, -0.25) is 4.79 Å². The number of methoxy groups -OCH3 is 1. The van der Waals surface area contributed by atoms with Gasteiger partial charge in [0.1, 0.15) is 10.6 Å². The van der Waals surface area contributed by atoms with Crippen molar-refractivity contribution < 1.29 is 17.9 Å². The maximum Gasteiger partial charge on any atom is 0.228 e. The van der Waals surface area contributed by atoms with E-state index in [1.54, 1.807) is 38.1 Å². The van der Waals surface area contributed by atoms with Crippen LogP contribution in [0.4, 0.5) is 5.69 Å². The quantitative estimate of drug-likeness (QED) is 0.827. The molecule has 0 aliphatic rings. The molecule has 2 aromatic rings. The van der Waals surface area contributed by atoms with Crippen LogP contribution in [0.3, 0.4) is 0 Å². The lowest BCUT2D eigenvalue weighted by molar-refractivity contribution is -0.115. The normalized spacial score (nSPS) is 11.4. The SMILES string of the molecule is COc1ccccc1CC(=O)Nc1cccc(Cl)c1S(=O)(=O)C(C)C. The molecule has 0 aromatic heterocycles. The molecular weight excluding hydrogens is 362 g/mol. The minimum Gasteiger partial charge on any atom is -0.496 e. The zero-order chi connectivity index (χ0) is 18.6. The summed E-state index contributed by atoms with van der Waals surface area (Å²) in [7, 11) is -2.11. The number of benzene rings is 2. The molecule has 1 amide bonds. The summed E-state index contributed by atoms with van der Waals surface area (Å²) in [4.78, 5) is 12.4. The molecule has 1 N–H and O–H groups in total. The van der Waals surface area contributed by atoms with Crippen LogP contribution in [0.5, 0.6) is 5.75 Å². The summed E-state index contributed by atoms with van der Waals surface area (Å²) in [6, 6.07) is 11.8. The molecule has 0 saturated carbocycles. The molecule has 0 radical (unpaired) electrons. The number of anilines is 1. The third-order valence-electron chi connectivity index (χ3n) is 3.69. The van der Waals surface area contributed by atoms with Crippen LogP contribution in [0.2, 0.25) is 5.02 Å². The van der Waals surface area contributed by atoms with Crippen molar-refractivity contribution >= 4 is 33.0 Å². The van der Waals surface area contributed by atoms with Gasteiger partial charge >= 0.3 is 0 Å². The summed E-state index contributed by atoms with van der Waals surface area (Å²) in [6.07, 6.45) is 0.0533. The van der Waals surface area contributed by atoms with Crippen molar-refractivity contribution in [2.45, 2.75) is 30.4 Å². The van der Waals surface area contributed by atoms with E-state index in [2.05, 4.69) is 5.32 Å². The molecule has 0 atom stereocenters. The molecule has 134 valence electrons. The van der Waals surface area contributed by atoms with Crippen molar-refractivity contribution in [1.29, 1.82) is 0 Å². The molecule has 0 aliphatic carbocycles. The zero-order valence-corrected chi connectivity index (χ0v) is 15.8. The number of ether oxygens (including phenoxy) is 1. The van der Waals surface area contributed by atoms with E-state index in [-0.39, 0.29) is 27.9 Å². The van der Waals surface area contributed by atoms with Crippen LogP contribution < -0.4 is 10.1 Å². The Labute approximate surface area is 152 Å². The topological polar surface area (TPSA) is 72.5 Å². The number of halogens is 1. The van der Waals surface area contributed by atoms with E-state index in [1.807, 2.05) is 6.07 Å². The highest BCUT2D eigenvalue weighted by molar-refractivity contribution is 7.92. The average Bonchev–Trinajstić information content (AvgIpc) is 2.54. The Balaban J connectivity index is 2.32. The van der Waals surface area contributed by atoms with Gasteiger partial charge in [0, 0.05) is 5.56 Å². The first kappa shape index (κ1) is 19.3. The summed E-state index contributed by atoms with van der Waals surface area (Å²) in [5, 5.41) is 2.09. The third kappa shape index (κ3) is 4.32. The first-order valence-corrected chi connectivity index (χ1v) is 9.64. The van der Waals surface area contributed by atoms with Gasteiger partial charge < -0.3 is 10.1 Å². The number of para-hydroxylation sites is 1. The first-order valence-electron chi connectivity index (χ1n) is 7.71. The van der Waals surface area contributed by atoms with Gasteiger partial charge in [-0.25, -0.2) is 8.42 Å². The fraction of sp³-hybridized carbons (Fsp3) is 0.278. The molecule has 0 spiro atoms. The van der Waals surface area contributed by atoms with Crippen LogP contribution in [-0.4, -0.2) is 26.7 Å². The predicted octanol–water partition coefficient (Wildman–Crippen LogP) is 3.71. The van der Waals surface area contributed by atoms with Crippen LogP contribution in [0.1, 0.15) is 19.4 Å². The minimum absolute atomic E-state index is 0.0533. The van der Waals surface area contributed by atoms with Crippen molar-refractivity contribution in [3.05, 3.63) is 53.1 Å². The highest BCUT2D eigenvalue weighted by atomic mass is 35.5. The molecule has 0 unspecified atom stereocenters. The van der Waals surface area contributed by atoms with E-state index in [0.29, 0.717) is 11.3 Å². The number of rotatable bonds is 6. The van der Waals surface area contributed by atoms with Gasteiger partial charge in [0.15, 0.2) is 9.84 Å². The lowest BCUT2D eigenvalue weighted by Crippen LogP contribution is -2.20. The fourth-order valence-corrected chi connectivity index (χ4v) is 4.08. The first-order chi connectivity index (χ1) is 11.8. The lowest BCUT2D eigenvalue weighted by atomic mass is 10.1. The molecule has 7 heteroatoms. The largest absolute Gasteiger partial charge is 0.496 e. The summed E-state index contributed by atoms with van der Waals surface area (Å²) in [5.74, 6) is 0.241. The van der Waals surface area contributed by atoms with E-state index in [9.17, 15) is 13.2 Å². The Hall–Kier alpha value is -2.05. The van der Waals surface area contributed by atoms with Gasteiger partial charge in [0.2, 0.25) is 5.91 Å². The number of hydrogen-bond acceptors (Lipinski definition) is 4. The van der Waals surface area contributed by atoms with Crippen LogP contribution in [-0.2, 0) is 21.1 Å². The van der Waals surface area contributed by atoms with Gasteiger partial charge in [-0.2, -0.15) is 0 Å². The van der Waals surface area contributed by atoms with E-state index in [4.69, 9.17) is 16.3 Å². The molecule has 5 nitrogen and oxygen atoms in total. The second-order valence-electron chi connectivity index (χ2n) is 5.75. The Morgan fingerprint density at radius 1 is 1.16 bits per heavy atom. The summed E-state index contributed by atoms with van der Waals surface area (Å²) >= 11 is 6.10. The molecule has 25 heavy (non-hydrogen) atoms. The van der Waals surface area contributed by atoms with Gasteiger partial charge in [-0.15, -0.1) is 0 Å². The molecule has 0 fully saturated rings. The number of carbonyl (C=O) groups excluding carboxylic acids is 1. The molecule has 0 aliphatic heterocycles. The van der Waals surface area contributed by atoms with Crippen molar-refractivity contribution in [2.75, 3.05) is 12.4 Å². The van der Waals surface area contributed by atoms with Gasteiger partial charge in [-0.05, 0) is 32.0 Å². The number of hydrogen-bond donors (Lipinski definition) is 1. The monoisotopic (exact) mass is 381 g/mol. The van der Waals surface area contributed by atoms with E-state index in [1.165, 1.54) is 19.2 Å². The molecule has 0 bridgehead atoms. The Morgan fingerprint density at radius 3 is 2.48 bits per heavy atom. The van der Waals surface area contributed by atoms with E-state index < -0.39 is 15.1 Å². The lowest BCUT2D eigenvalue weighted by Gasteiger charge is -2.15. The van der Waals surface area contributed by atoms with Crippen molar-refractivity contribution in [3.63, 3.8) is 0 Å². The Morgan fingerprint density at radius 2 is 1.84 bits per heavy atom. The number of sulfone groups is 1. The van der Waals surface area contributed by atoms with Crippen LogP contribution in [0.25, 0.3) is 0 Å². The number of carbonyl (C=O) groups is 1. The standard InChI is InChI=1S/C18H20ClNO4S/c1-12(2)25(22,23)18-14(19)8-6-9-15(18)20-17(21)11-13-7-4-5-10-16(13)24-3/h4-10,12H,11H2,1-3H3,(H,20,21). The molecule has 0 saturated heterocycles. The minimum atomic E-state index is -3.64. The van der Waals surface area contributed by atoms with Crippen molar-refractivity contribution in [1.82, 2.24) is 0 Å². The highest BCUT2D eigenvalue weighted by Crippen LogP contribution is 2.32. The van der Waals surface area contributed by atoms with Crippen LogP contribution in [0.15, 0.2) is 47.4 Å². The van der Waals surface area contributed by atoms with Crippen molar-refractivity contribution in [2.24, 2.45) is 0 Å². The van der Waals surface area contributed by atoms with Crippen LogP contribution in [0, 0.1) is 0 Å². The van der Waals surface area contributed by atoms with Crippen molar-refractivity contribution in [3.8, 4) is 5.75 Å². The maximum atomic E-state index is 12.6. The Kier molecular flexibility index (Phi) is 6.08. The summed E-state index contributed by atoms with van der Waals surface area (Å²) < 4.78 is 30.3. The molecule has 2 aromatic carbocycles. The second kappa shape index (κ2) is 7.89. The second-order valence-corrected chi connectivity index (χ2v) is 8.60. The molecule has 0 heterocycles. The predicted molar refractivity (Wildman–Crippen MR) is 99.1 cm³/mol. The van der Waals surface area contributed by atoms with E-state index >= 15 is 0 Å². The Bertz CT molecular complexity index is 878. The van der Waals surface area contributed by atoms with Gasteiger partial charge in [0.25, 0.3) is 0 Å². The van der Waals surface area contributed by atoms with Crippen LogP contribution >= 0.6 is 11.6 Å². The maximum absolute atomic E-state index is 12.6. The summed E-state index contributed by atoms with van der Waals surface area (Å²) in [5.41, 5.74) is 0.888. The smallest absolute Gasteiger partial charge is 0.228 e. The fourth-order valence-electron chi connectivity index (χ4n) is 2.35. The zero-order valence-electron chi connectivity index (χ0n) is 14.2. The molecular formula is C18H20ClNO4S. The average molecular weight is 382 g/mol. The summed E-state index contributed by atoms with van der Waals surface area (Å²) in [6.45, 7) is 3.14. The number of amides is 1. The highest BCUT2D eigenvalue weighted by Gasteiger charge is 2.26. The van der Waals surface area contributed by atoms with E-state index in [0.717, 1.165) is 0 Å². The number of nitrogens with one attached hydrogen (secondary N) is 1. The van der Waals surface area contributed by atoms with Gasteiger partial charge in [0.05, 0.1) is 29.5 Å². The van der Waals surface area contributed by atoms with Gasteiger partial charge in [-0.1, -0.05) is 35.9 Å².